The highest BCUT2D eigenvalue weighted by molar-refractivity contribution is 5.45. The van der Waals surface area contributed by atoms with Gasteiger partial charge in [0.25, 0.3) is 0 Å². The number of carbonyl (C=O) groups excluding carboxylic acids is 1. The summed E-state index contributed by atoms with van der Waals surface area (Å²) < 4.78 is 0. The third-order valence-corrected chi connectivity index (χ3v) is 1.76. The van der Waals surface area contributed by atoms with E-state index in [0.717, 1.165) is 25.8 Å². The lowest BCUT2D eigenvalue weighted by Crippen LogP contribution is -2.41. The van der Waals surface area contributed by atoms with Crippen LogP contribution in [0, 0.1) is 5.92 Å². The predicted molar refractivity (Wildman–Crippen MR) is 62.0 cm³/mol. The van der Waals surface area contributed by atoms with Crippen molar-refractivity contribution >= 4 is 6.41 Å². The number of hydrogen-bond donors (Lipinski definition) is 2. The van der Waals surface area contributed by atoms with E-state index >= 15 is 0 Å². The van der Waals surface area contributed by atoms with Crippen molar-refractivity contribution in [3.05, 3.63) is 12.7 Å². The Morgan fingerprint density at radius 2 is 1.93 bits per heavy atom. The zero-order valence-electron chi connectivity index (χ0n) is 9.62. The highest BCUT2D eigenvalue weighted by atomic mass is 16.1. The Morgan fingerprint density at radius 1 is 1.50 bits per heavy atom. The molecule has 0 unspecified atom stereocenters. The number of amides is 1. The lowest BCUT2D eigenvalue weighted by atomic mass is 9.81. The molecule has 1 fully saturated rings. The molecule has 1 rings (SSSR count). The third kappa shape index (κ3) is 9.26. The molecule has 0 spiro atoms. The lowest BCUT2D eigenvalue weighted by Gasteiger charge is -2.31. The van der Waals surface area contributed by atoms with Crippen LogP contribution in [0.3, 0.4) is 0 Å². The Kier molecular flexibility index (Phi) is 13.6. The van der Waals surface area contributed by atoms with E-state index in [-0.39, 0.29) is 0 Å². The number of nitrogens with one attached hydrogen (secondary N) is 1. The average Bonchev–Trinajstić information content (AvgIpc) is 2.15. The first-order chi connectivity index (χ1) is 6.74. The van der Waals surface area contributed by atoms with Gasteiger partial charge in [-0.25, -0.2) is 0 Å². The normalized spacial score (nSPS) is 22.6. The number of rotatable bonds is 3. The minimum atomic E-state index is 0.392. The van der Waals surface area contributed by atoms with E-state index in [1.54, 1.807) is 6.08 Å². The molecule has 0 atom stereocenters. The molecule has 1 saturated carbocycles. The van der Waals surface area contributed by atoms with E-state index in [0.29, 0.717) is 12.0 Å². The summed E-state index contributed by atoms with van der Waals surface area (Å²) in [5, 5.41) is 2.63. The smallest absolute Gasteiger partial charge is 0.207 e. The molecule has 1 aliphatic rings. The fourth-order valence-electron chi connectivity index (χ4n) is 1.17. The van der Waals surface area contributed by atoms with Crippen LogP contribution in [0.2, 0.25) is 0 Å². The maximum Gasteiger partial charge on any atom is 0.207 e. The van der Waals surface area contributed by atoms with Crippen LogP contribution in [0.25, 0.3) is 0 Å². The van der Waals surface area contributed by atoms with Gasteiger partial charge in [-0.1, -0.05) is 19.9 Å². The quantitative estimate of drug-likeness (QED) is 0.538. The van der Waals surface area contributed by atoms with Crippen LogP contribution in [0.5, 0.6) is 0 Å². The highest BCUT2D eigenvalue weighted by Crippen LogP contribution is 2.23. The molecule has 0 aromatic rings. The molecule has 0 aromatic carbocycles. The van der Waals surface area contributed by atoms with Crippen molar-refractivity contribution in [3.63, 3.8) is 0 Å². The largest absolute Gasteiger partial charge is 0.358 e. The number of carbonyl (C=O) groups is 1. The highest BCUT2D eigenvalue weighted by Gasteiger charge is 2.24. The van der Waals surface area contributed by atoms with Crippen LogP contribution < -0.4 is 11.1 Å². The Hall–Kier alpha value is -0.830. The first-order valence-corrected chi connectivity index (χ1v) is 5.24. The van der Waals surface area contributed by atoms with Crippen molar-refractivity contribution < 1.29 is 4.79 Å². The van der Waals surface area contributed by atoms with Gasteiger partial charge in [-0.05, 0) is 25.7 Å². The van der Waals surface area contributed by atoms with Crippen LogP contribution in [-0.2, 0) is 4.79 Å². The summed E-state index contributed by atoms with van der Waals surface area (Å²) in [7, 11) is 0. The van der Waals surface area contributed by atoms with E-state index < -0.39 is 0 Å². The summed E-state index contributed by atoms with van der Waals surface area (Å²) in [5.74, 6) is 0.644. The lowest BCUT2D eigenvalue weighted by molar-refractivity contribution is -0.109. The summed E-state index contributed by atoms with van der Waals surface area (Å²) in [6.07, 6.45) is 4.63. The Balaban J connectivity index is 0. The van der Waals surface area contributed by atoms with Crippen molar-refractivity contribution in [2.24, 2.45) is 11.7 Å². The molecule has 14 heavy (non-hydrogen) atoms. The van der Waals surface area contributed by atoms with E-state index in [1.807, 2.05) is 20.8 Å². The zero-order chi connectivity index (χ0) is 11.4. The van der Waals surface area contributed by atoms with Crippen LogP contribution in [0.15, 0.2) is 12.7 Å². The summed E-state index contributed by atoms with van der Waals surface area (Å²) in [6.45, 7) is 10.1. The predicted octanol–water partition coefficient (Wildman–Crippen LogP) is 1.69. The van der Waals surface area contributed by atoms with E-state index in [4.69, 9.17) is 5.73 Å². The van der Waals surface area contributed by atoms with Gasteiger partial charge in [-0.2, -0.15) is 0 Å². The first kappa shape index (κ1) is 15.6. The molecule has 3 heteroatoms. The van der Waals surface area contributed by atoms with Crippen molar-refractivity contribution in [2.75, 3.05) is 6.54 Å². The zero-order valence-corrected chi connectivity index (χ0v) is 9.62. The van der Waals surface area contributed by atoms with Gasteiger partial charge in [0.1, 0.15) is 0 Å². The molecule has 0 bridgehead atoms. The minimum Gasteiger partial charge on any atom is -0.358 e. The van der Waals surface area contributed by atoms with Gasteiger partial charge in [0.15, 0.2) is 0 Å². The van der Waals surface area contributed by atoms with Gasteiger partial charge in [0.05, 0.1) is 0 Å². The van der Waals surface area contributed by atoms with Crippen LogP contribution in [-0.4, -0.2) is 19.0 Å². The molecule has 1 amide bonds. The van der Waals surface area contributed by atoms with Crippen molar-refractivity contribution in [3.8, 4) is 0 Å². The summed E-state index contributed by atoms with van der Waals surface area (Å²) in [4.78, 5) is 9.79. The van der Waals surface area contributed by atoms with Gasteiger partial charge in [0.2, 0.25) is 6.41 Å². The van der Waals surface area contributed by atoms with Crippen LogP contribution in [0.1, 0.15) is 33.6 Å². The maximum absolute atomic E-state index is 9.79. The Bertz CT molecular complexity index is 131. The SMILES string of the molecule is C=CC.CC.NC1CC(CNC=O)C1. The molecular weight excluding hydrogens is 176 g/mol. The van der Waals surface area contributed by atoms with E-state index in [1.165, 1.54) is 0 Å². The summed E-state index contributed by atoms with van der Waals surface area (Å²) in [6, 6.07) is 0.392. The average molecular weight is 200 g/mol. The second kappa shape index (κ2) is 12.2. The van der Waals surface area contributed by atoms with Gasteiger partial charge < -0.3 is 11.1 Å². The molecule has 1 aliphatic carbocycles. The summed E-state index contributed by atoms with van der Waals surface area (Å²) >= 11 is 0. The molecule has 0 aliphatic heterocycles. The summed E-state index contributed by atoms with van der Waals surface area (Å²) in [5.41, 5.74) is 5.52. The standard InChI is InChI=1S/C6H12N2O.C3H6.C2H6/c7-6-1-5(2-6)3-8-4-9;1-3-2;1-2/h4-6H,1-3,7H2,(H,8,9);3H,1H2,2H3;1-2H3. The molecule has 3 nitrogen and oxygen atoms in total. The van der Waals surface area contributed by atoms with Gasteiger partial charge >= 0.3 is 0 Å². The Labute approximate surface area is 87.8 Å². The van der Waals surface area contributed by atoms with Crippen molar-refractivity contribution in [1.29, 1.82) is 0 Å². The fourth-order valence-corrected chi connectivity index (χ4v) is 1.17. The monoisotopic (exact) mass is 200 g/mol. The third-order valence-electron chi connectivity index (χ3n) is 1.76. The second-order valence-electron chi connectivity index (χ2n) is 3.03. The van der Waals surface area contributed by atoms with Gasteiger partial charge in [0, 0.05) is 12.6 Å². The van der Waals surface area contributed by atoms with E-state index in [2.05, 4.69) is 11.9 Å². The molecule has 0 radical (unpaired) electrons. The second-order valence-corrected chi connectivity index (χ2v) is 3.03. The molecule has 84 valence electrons. The molecule has 3 N–H and O–H groups in total. The van der Waals surface area contributed by atoms with E-state index in [9.17, 15) is 4.79 Å². The van der Waals surface area contributed by atoms with Crippen LogP contribution in [0.4, 0.5) is 0 Å². The molecule has 0 heterocycles. The minimum absolute atomic E-state index is 0.392. The number of hydrogen-bond acceptors (Lipinski definition) is 2. The first-order valence-electron chi connectivity index (χ1n) is 5.24. The Morgan fingerprint density at radius 3 is 2.21 bits per heavy atom. The topological polar surface area (TPSA) is 55.1 Å². The maximum atomic E-state index is 9.79. The van der Waals surface area contributed by atoms with Gasteiger partial charge in [-0.15, -0.1) is 6.58 Å². The van der Waals surface area contributed by atoms with Crippen molar-refractivity contribution in [1.82, 2.24) is 5.32 Å². The number of nitrogens with two attached hydrogens (primary N) is 1. The number of allylic oxidation sites excluding steroid dienone is 1. The molecule has 0 saturated heterocycles. The molecular formula is C11H24N2O. The fraction of sp³-hybridized carbons (Fsp3) is 0.727. The molecule has 0 aromatic heterocycles. The van der Waals surface area contributed by atoms with Crippen molar-refractivity contribution in [2.45, 2.75) is 39.7 Å². The van der Waals surface area contributed by atoms with Gasteiger partial charge in [-0.3, -0.25) is 4.79 Å². The van der Waals surface area contributed by atoms with Crippen LogP contribution >= 0.6 is 0 Å².